The lowest BCUT2D eigenvalue weighted by Crippen LogP contribution is -2.51. The first kappa shape index (κ1) is 22.5. The average molecular weight is 408 g/mol. The van der Waals surface area contributed by atoms with Crippen LogP contribution in [0.5, 0.6) is 0 Å². The van der Waals surface area contributed by atoms with Crippen LogP contribution >= 0.6 is 0 Å². The smallest absolute Gasteiger partial charge is 0.274 e. The van der Waals surface area contributed by atoms with Crippen LogP contribution < -0.4 is 16.0 Å². The van der Waals surface area contributed by atoms with E-state index in [2.05, 4.69) is 21.1 Å². The van der Waals surface area contributed by atoms with Crippen molar-refractivity contribution in [3.8, 4) is 0 Å². The van der Waals surface area contributed by atoms with E-state index in [1.54, 1.807) is 13.8 Å². The Labute approximate surface area is 169 Å². The molecule has 1 aromatic heterocycles. The number of amides is 3. The van der Waals surface area contributed by atoms with Crippen molar-refractivity contribution in [3.63, 3.8) is 0 Å². The third-order valence-corrected chi connectivity index (χ3v) is 4.48. The minimum atomic E-state index is -0.890. The summed E-state index contributed by atoms with van der Waals surface area (Å²) in [7, 11) is 0. The summed E-state index contributed by atoms with van der Waals surface area (Å²) in [6.07, 6.45) is 0.473. The van der Waals surface area contributed by atoms with E-state index in [9.17, 15) is 19.2 Å². The minimum absolute atomic E-state index is 0.0609. The molecule has 0 saturated carbocycles. The Morgan fingerprint density at radius 2 is 1.86 bits per heavy atom. The van der Waals surface area contributed by atoms with Crippen molar-refractivity contribution >= 4 is 23.5 Å². The molecule has 29 heavy (non-hydrogen) atoms. The van der Waals surface area contributed by atoms with Gasteiger partial charge in [0.1, 0.15) is 17.4 Å². The van der Waals surface area contributed by atoms with Gasteiger partial charge < -0.3 is 25.2 Å². The summed E-state index contributed by atoms with van der Waals surface area (Å²) in [6.45, 7) is 8.74. The summed E-state index contributed by atoms with van der Waals surface area (Å²) in [5.74, 6) is -1.11. The first-order valence-corrected chi connectivity index (χ1v) is 9.51. The average Bonchev–Trinajstić information content (AvgIpc) is 3.24. The largest absolute Gasteiger partial charge is 0.361 e. The van der Waals surface area contributed by atoms with Crippen LogP contribution in [-0.2, 0) is 19.1 Å². The molecule has 1 aliphatic heterocycles. The summed E-state index contributed by atoms with van der Waals surface area (Å²) in [6, 6.07) is -0.123. The van der Waals surface area contributed by atoms with Crippen molar-refractivity contribution in [1.82, 2.24) is 21.1 Å². The number of Topliss-reactive ketones (excluding diaryl/α,β-unsaturated/α-hetero) is 1. The molecule has 10 nitrogen and oxygen atoms in total. The van der Waals surface area contributed by atoms with E-state index < -0.39 is 35.4 Å². The number of nitrogens with one attached hydrogen (secondary N) is 3. The molecule has 2 rings (SSSR count). The maximum Gasteiger partial charge on any atom is 0.274 e. The van der Waals surface area contributed by atoms with Gasteiger partial charge in [-0.3, -0.25) is 19.2 Å². The van der Waals surface area contributed by atoms with Gasteiger partial charge in [-0.2, -0.15) is 0 Å². The second-order valence-corrected chi connectivity index (χ2v) is 7.87. The number of hydrogen-bond donors (Lipinski definition) is 3. The van der Waals surface area contributed by atoms with E-state index in [0.29, 0.717) is 18.8 Å². The molecule has 0 radical (unpaired) electrons. The van der Waals surface area contributed by atoms with Gasteiger partial charge in [0.25, 0.3) is 5.91 Å². The quantitative estimate of drug-likeness (QED) is 0.466. The lowest BCUT2D eigenvalue weighted by molar-refractivity contribution is -0.131. The van der Waals surface area contributed by atoms with Gasteiger partial charge in [0.2, 0.25) is 11.8 Å². The lowest BCUT2D eigenvalue weighted by Gasteiger charge is -2.21. The van der Waals surface area contributed by atoms with Gasteiger partial charge in [0.15, 0.2) is 11.5 Å². The zero-order chi connectivity index (χ0) is 21.8. The fourth-order valence-electron chi connectivity index (χ4n) is 2.70. The van der Waals surface area contributed by atoms with Gasteiger partial charge in [-0.15, -0.1) is 0 Å². The first-order chi connectivity index (χ1) is 13.5. The Balaban J connectivity index is 1.82. The third-order valence-electron chi connectivity index (χ3n) is 4.48. The number of carbonyl (C=O) groups is 4. The number of ether oxygens (including phenoxy) is 1. The zero-order valence-corrected chi connectivity index (χ0v) is 17.3. The van der Waals surface area contributed by atoms with Crippen molar-refractivity contribution in [1.29, 1.82) is 0 Å². The Bertz CT molecular complexity index is 783. The van der Waals surface area contributed by atoms with Crippen LogP contribution in [0.15, 0.2) is 10.6 Å². The first-order valence-electron chi connectivity index (χ1n) is 9.51. The van der Waals surface area contributed by atoms with Crippen molar-refractivity contribution < 1.29 is 28.4 Å². The van der Waals surface area contributed by atoms with Gasteiger partial charge >= 0.3 is 0 Å². The van der Waals surface area contributed by atoms with E-state index >= 15 is 0 Å². The highest BCUT2D eigenvalue weighted by atomic mass is 16.6. The van der Waals surface area contributed by atoms with Gasteiger partial charge in [0.05, 0.1) is 19.2 Å². The number of aromatic nitrogens is 1. The predicted octanol–water partition coefficient (Wildman–Crippen LogP) is 0.106. The zero-order valence-electron chi connectivity index (χ0n) is 17.3. The summed E-state index contributed by atoms with van der Waals surface area (Å²) < 4.78 is 10.0. The molecule has 0 bridgehead atoms. The Morgan fingerprint density at radius 3 is 2.38 bits per heavy atom. The topological polar surface area (TPSA) is 143 Å². The molecule has 160 valence electrons. The van der Waals surface area contributed by atoms with Crippen molar-refractivity contribution in [2.24, 2.45) is 5.92 Å². The molecule has 1 aliphatic rings. The Kier molecular flexibility index (Phi) is 7.12. The number of nitrogens with zero attached hydrogens (tertiary/aromatic N) is 1. The lowest BCUT2D eigenvalue weighted by atomic mass is 9.93. The van der Waals surface area contributed by atoms with Crippen LogP contribution in [0.2, 0.25) is 0 Å². The van der Waals surface area contributed by atoms with Crippen LogP contribution in [0.25, 0.3) is 0 Å². The van der Waals surface area contributed by atoms with E-state index in [4.69, 9.17) is 9.26 Å². The molecule has 0 spiro atoms. The molecule has 1 aromatic rings. The molecule has 10 heteroatoms. The van der Waals surface area contributed by atoms with Crippen molar-refractivity contribution in [3.05, 3.63) is 17.5 Å². The van der Waals surface area contributed by atoms with Crippen LogP contribution in [0.3, 0.4) is 0 Å². The molecule has 0 aliphatic carbocycles. The van der Waals surface area contributed by atoms with Crippen LogP contribution in [-0.4, -0.2) is 59.5 Å². The fourth-order valence-corrected chi connectivity index (χ4v) is 2.70. The molecule has 3 amide bonds. The maximum absolute atomic E-state index is 12.5. The molecule has 1 saturated heterocycles. The number of rotatable bonds is 10. The second-order valence-electron chi connectivity index (χ2n) is 7.87. The third kappa shape index (κ3) is 6.38. The summed E-state index contributed by atoms with van der Waals surface area (Å²) in [5, 5.41) is 11.2. The normalized spacial score (nSPS) is 19.9. The molecule has 0 unspecified atom stereocenters. The van der Waals surface area contributed by atoms with E-state index in [1.807, 2.05) is 13.8 Å². The fraction of sp³-hybridized carbons (Fsp3) is 0.632. The Morgan fingerprint density at radius 1 is 1.21 bits per heavy atom. The summed E-state index contributed by atoms with van der Waals surface area (Å²) >= 11 is 0. The molecule has 0 aromatic carbocycles. The van der Waals surface area contributed by atoms with E-state index in [0.717, 1.165) is 0 Å². The minimum Gasteiger partial charge on any atom is -0.361 e. The number of hydrogen-bond acceptors (Lipinski definition) is 7. The van der Waals surface area contributed by atoms with E-state index in [1.165, 1.54) is 13.0 Å². The molecule has 1 fully saturated rings. The molecular weight excluding hydrogens is 380 g/mol. The standard InChI is InChI=1S/C19H28N4O6/c1-10(2)6-13(16(25)19(5)9-28-19)22-15(24)8-20-17(26)12(4)21-18(27)14-7-11(3)29-23-14/h7,10,12-13H,6,8-9H2,1-5H3,(H,20,26)(H,21,27)(H,22,24)/t12-,13-,19+/m0/s1. The monoisotopic (exact) mass is 408 g/mol. The van der Waals surface area contributed by atoms with Gasteiger partial charge in [-0.05, 0) is 33.1 Å². The SMILES string of the molecule is Cc1cc(C(=O)N[C@@H](C)C(=O)NCC(=O)N[C@@H](CC(C)C)C(=O)[C@@]2(C)CO2)no1. The molecule has 3 N–H and O–H groups in total. The molecule has 2 heterocycles. The summed E-state index contributed by atoms with van der Waals surface area (Å²) in [5.41, 5.74) is -0.778. The summed E-state index contributed by atoms with van der Waals surface area (Å²) in [4.78, 5) is 48.9. The maximum atomic E-state index is 12.5. The van der Waals surface area contributed by atoms with Crippen LogP contribution in [0.1, 0.15) is 50.4 Å². The number of epoxide rings is 1. The number of carbonyl (C=O) groups excluding carboxylic acids is 4. The number of ketones is 1. The molecular formula is C19H28N4O6. The second kappa shape index (κ2) is 9.17. The highest BCUT2D eigenvalue weighted by Gasteiger charge is 2.50. The van der Waals surface area contributed by atoms with E-state index in [-0.39, 0.29) is 23.9 Å². The Hall–Kier alpha value is -2.75. The highest BCUT2D eigenvalue weighted by Crippen LogP contribution is 2.29. The predicted molar refractivity (Wildman–Crippen MR) is 102 cm³/mol. The van der Waals surface area contributed by atoms with Gasteiger partial charge in [-0.25, -0.2) is 0 Å². The van der Waals surface area contributed by atoms with Crippen LogP contribution in [0, 0.1) is 12.8 Å². The van der Waals surface area contributed by atoms with Gasteiger partial charge in [-0.1, -0.05) is 19.0 Å². The number of aryl methyl sites for hydroxylation is 1. The highest BCUT2D eigenvalue weighted by molar-refractivity contribution is 5.98. The van der Waals surface area contributed by atoms with Crippen molar-refractivity contribution in [2.75, 3.05) is 13.2 Å². The molecule has 3 atom stereocenters. The van der Waals surface area contributed by atoms with Gasteiger partial charge in [0, 0.05) is 6.07 Å². The van der Waals surface area contributed by atoms with Crippen molar-refractivity contribution in [2.45, 2.75) is 58.7 Å². The van der Waals surface area contributed by atoms with Crippen LogP contribution in [0.4, 0.5) is 0 Å².